The fourth-order valence-corrected chi connectivity index (χ4v) is 2.72. The van der Waals surface area contributed by atoms with Gasteiger partial charge in [0.05, 0.1) is 5.69 Å². The second-order valence-electron chi connectivity index (χ2n) is 3.78. The molecule has 0 saturated carbocycles. The molecule has 6 heteroatoms. The maximum absolute atomic E-state index is 11.5. The van der Waals surface area contributed by atoms with Crippen molar-refractivity contribution in [2.75, 3.05) is 0 Å². The molecule has 0 N–H and O–H groups in total. The molecule has 0 fully saturated rings. The van der Waals surface area contributed by atoms with Crippen LogP contribution in [0, 0.1) is 6.92 Å². The number of aryl methyl sites for hydroxylation is 1. The van der Waals surface area contributed by atoms with Crippen LogP contribution in [-0.4, -0.2) is 14.6 Å². The maximum Gasteiger partial charge on any atom is 0.293 e. The molecule has 0 aliphatic carbocycles. The van der Waals surface area contributed by atoms with Gasteiger partial charge in [0, 0.05) is 5.56 Å². The average Bonchev–Trinajstić information content (AvgIpc) is 2.81. The van der Waals surface area contributed by atoms with Gasteiger partial charge in [-0.05, 0) is 6.92 Å². The van der Waals surface area contributed by atoms with Gasteiger partial charge in [-0.3, -0.25) is 4.79 Å². The van der Waals surface area contributed by atoms with E-state index in [1.165, 1.54) is 11.3 Å². The van der Waals surface area contributed by atoms with Crippen LogP contribution in [0.4, 0.5) is 0 Å². The maximum atomic E-state index is 11.5. The van der Waals surface area contributed by atoms with E-state index in [1.54, 1.807) is 11.4 Å². The lowest BCUT2D eigenvalue weighted by atomic mass is 10.2. The van der Waals surface area contributed by atoms with Crippen molar-refractivity contribution in [1.82, 2.24) is 14.6 Å². The smallest absolute Gasteiger partial charge is 0.266 e. The number of aromatic nitrogens is 3. The summed E-state index contributed by atoms with van der Waals surface area (Å²) in [5.74, 6) is 0. The Morgan fingerprint density at radius 2 is 2.00 bits per heavy atom. The van der Waals surface area contributed by atoms with Crippen LogP contribution in [0.5, 0.6) is 0 Å². The van der Waals surface area contributed by atoms with Crippen molar-refractivity contribution in [1.29, 1.82) is 0 Å². The second kappa shape index (κ2) is 4.19. The largest absolute Gasteiger partial charge is 0.293 e. The zero-order valence-electron chi connectivity index (χ0n) is 9.42. The Balaban J connectivity index is 2.30. The van der Waals surface area contributed by atoms with Crippen molar-refractivity contribution < 1.29 is 0 Å². The summed E-state index contributed by atoms with van der Waals surface area (Å²) in [5, 5.41) is 5.37. The summed E-state index contributed by atoms with van der Waals surface area (Å²) in [5.41, 5.74) is 1.21. The summed E-state index contributed by atoms with van der Waals surface area (Å²) >= 11 is 7.25. The summed E-state index contributed by atoms with van der Waals surface area (Å²) < 4.78 is 1.61. The van der Waals surface area contributed by atoms with Crippen LogP contribution in [0.15, 0.2) is 35.1 Å². The first-order chi connectivity index (χ1) is 8.66. The van der Waals surface area contributed by atoms with Gasteiger partial charge in [-0.25, -0.2) is 4.52 Å². The van der Waals surface area contributed by atoms with E-state index in [1.807, 2.05) is 30.3 Å². The molecule has 3 rings (SSSR count). The van der Waals surface area contributed by atoms with Crippen molar-refractivity contribution in [3.63, 3.8) is 0 Å². The molecule has 0 atom stereocenters. The van der Waals surface area contributed by atoms with Gasteiger partial charge in [-0.1, -0.05) is 53.3 Å². The number of hydrogen-bond donors (Lipinski definition) is 0. The molecule has 0 unspecified atom stereocenters. The molecule has 0 bridgehead atoms. The van der Waals surface area contributed by atoms with Crippen molar-refractivity contribution in [2.45, 2.75) is 6.92 Å². The molecule has 0 radical (unpaired) electrons. The summed E-state index contributed by atoms with van der Waals surface area (Å²) in [6, 6.07) is 9.76. The van der Waals surface area contributed by atoms with Crippen LogP contribution in [0.3, 0.4) is 0 Å². The normalized spacial score (nSPS) is 11.0. The molecule has 0 amide bonds. The molecule has 1 aromatic carbocycles. The van der Waals surface area contributed by atoms with Crippen molar-refractivity contribution in [2.24, 2.45) is 0 Å². The number of halogens is 1. The fourth-order valence-electron chi connectivity index (χ4n) is 1.65. The van der Waals surface area contributed by atoms with Crippen molar-refractivity contribution in [3.8, 4) is 10.6 Å². The summed E-state index contributed by atoms with van der Waals surface area (Å²) in [7, 11) is 0. The minimum atomic E-state index is -0.405. The predicted octanol–water partition coefficient (Wildman–Crippen LogP) is 2.78. The molecule has 18 heavy (non-hydrogen) atoms. The molecular formula is C12H8ClN3OS. The first-order valence-corrected chi connectivity index (χ1v) is 6.47. The predicted molar refractivity (Wildman–Crippen MR) is 72.3 cm³/mol. The Kier molecular flexibility index (Phi) is 2.65. The zero-order chi connectivity index (χ0) is 12.7. The van der Waals surface area contributed by atoms with Gasteiger partial charge in [0.25, 0.3) is 5.56 Å². The number of nitrogens with zero attached hydrogens (tertiary/aromatic N) is 3. The third kappa shape index (κ3) is 1.72. The van der Waals surface area contributed by atoms with Crippen LogP contribution in [0.2, 0.25) is 5.02 Å². The highest BCUT2D eigenvalue weighted by molar-refractivity contribution is 7.19. The molecular weight excluding hydrogens is 270 g/mol. The van der Waals surface area contributed by atoms with E-state index in [4.69, 9.17) is 11.6 Å². The van der Waals surface area contributed by atoms with Crippen LogP contribution in [0.25, 0.3) is 15.5 Å². The van der Waals surface area contributed by atoms with Crippen molar-refractivity contribution >= 4 is 27.9 Å². The number of benzene rings is 1. The number of rotatable bonds is 1. The SMILES string of the molecule is Cc1c(Cl)c(=O)nc2sc(-c3ccccc3)nn12. The minimum Gasteiger partial charge on any atom is -0.266 e. The fraction of sp³-hybridized carbons (Fsp3) is 0.0833. The summed E-state index contributed by atoms with van der Waals surface area (Å²) in [4.78, 5) is 16.0. The lowest BCUT2D eigenvalue weighted by molar-refractivity contribution is 0.891. The molecule has 0 aliphatic rings. The van der Waals surface area contributed by atoms with Gasteiger partial charge in [-0.2, -0.15) is 10.1 Å². The van der Waals surface area contributed by atoms with Crippen LogP contribution < -0.4 is 5.56 Å². The quantitative estimate of drug-likeness (QED) is 0.687. The second-order valence-corrected chi connectivity index (χ2v) is 5.12. The lowest BCUT2D eigenvalue weighted by Crippen LogP contribution is -2.11. The summed E-state index contributed by atoms with van der Waals surface area (Å²) in [6.45, 7) is 1.76. The lowest BCUT2D eigenvalue weighted by Gasteiger charge is -1.97. The number of hydrogen-bond acceptors (Lipinski definition) is 4. The molecule has 3 aromatic rings. The minimum absolute atomic E-state index is 0.123. The highest BCUT2D eigenvalue weighted by atomic mass is 35.5. The van der Waals surface area contributed by atoms with Gasteiger partial charge in [0.15, 0.2) is 0 Å². The van der Waals surface area contributed by atoms with Gasteiger partial charge in [0.2, 0.25) is 4.96 Å². The standard InChI is InChI=1S/C12H8ClN3OS/c1-7-9(13)10(17)14-12-16(7)15-11(18-12)8-5-3-2-4-6-8/h2-6H,1H3. The van der Waals surface area contributed by atoms with E-state index in [9.17, 15) is 4.79 Å². The van der Waals surface area contributed by atoms with Crippen molar-refractivity contribution in [3.05, 3.63) is 51.4 Å². The monoisotopic (exact) mass is 277 g/mol. The van der Waals surface area contributed by atoms with Gasteiger partial charge in [-0.15, -0.1) is 0 Å². The van der Waals surface area contributed by atoms with E-state index >= 15 is 0 Å². The molecule has 2 aromatic heterocycles. The Labute approximate surface area is 111 Å². The highest BCUT2D eigenvalue weighted by Gasteiger charge is 2.12. The molecule has 0 spiro atoms. The average molecular weight is 278 g/mol. The first kappa shape index (κ1) is 11.4. The van der Waals surface area contributed by atoms with Crippen LogP contribution in [0.1, 0.15) is 5.69 Å². The van der Waals surface area contributed by atoms with Gasteiger partial charge >= 0.3 is 0 Å². The van der Waals surface area contributed by atoms with E-state index in [2.05, 4.69) is 10.1 Å². The molecule has 4 nitrogen and oxygen atoms in total. The topological polar surface area (TPSA) is 47.3 Å². The Morgan fingerprint density at radius 3 is 2.72 bits per heavy atom. The zero-order valence-corrected chi connectivity index (χ0v) is 11.0. The summed E-state index contributed by atoms with van der Waals surface area (Å²) in [6.07, 6.45) is 0. The third-order valence-corrected chi connectivity index (χ3v) is 3.99. The van der Waals surface area contributed by atoms with Gasteiger partial charge < -0.3 is 0 Å². The highest BCUT2D eigenvalue weighted by Crippen LogP contribution is 2.25. The Hall–Kier alpha value is -1.72. The molecule has 0 aliphatic heterocycles. The third-order valence-electron chi connectivity index (χ3n) is 2.60. The van der Waals surface area contributed by atoms with Crippen LogP contribution >= 0.6 is 22.9 Å². The van der Waals surface area contributed by atoms with E-state index < -0.39 is 5.56 Å². The number of fused-ring (bicyclic) bond motifs is 1. The Morgan fingerprint density at radius 1 is 1.28 bits per heavy atom. The first-order valence-electron chi connectivity index (χ1n) is 5.28. The molecule has 90 valence electrons. The molecule has 2 heterocycles. The Bertz CT molecular complexity index is 779. The molecule has 0 saturated heterocycles. The van der Waals surface area contributed by atoms with E-state index in [0.717, 1.165) is 10.6 Å². The van der Waals surface area contributed by atoms with Gasteiger partial charge in [0.1, 0.15) is 10.0 Å². The van der Waals surface area contributed by atoms with E-state index in [0.29, 0.717) is 10.7 Å². The van der Waals surface area contributed by atoms with E-state index in [-0.39, 0.29) is 5.02 Å². The van der Waals surface area contributed by atoms with Crippen LogP contribution in [-0.2, 0) is 0 Å².